The minimum absolute atomic E-state index is 0.482. The van der Waals surface area contributed by atoms with E-state index in [0.29, 0.717) is 23.9 Å². The molecule has 1 unspecified atom stereocenters. The molecule has 0 aliphatic heterocycles. The third-order valence-corrected chi connectivity index (χ3v) is 4.16. The molecule has 0 heterocycles. The Balaban J connectivity index is 2.11. The zero-order chi connectivity index (χ0) is 18.8. The van der Waals surface area contributed by atoms with Crippen molar-refractivity contribution in [3.8, 4) is 11.5 Å². The summed E-state index contributed by atoms with van der Waals surface area (Å²) < 4.78 is 11.9. The molecule has 4 heteroatoms. The average Bonchev–Trinajstić information content (AvgIpc) is 2.66. The van der Waals surface area contributed by atoms with Crippen molar-refractivity contribution >= 4 is 6.08 Å². The molecule has 0 fully saturated rings. The van der Waals surface area contributed by atoms with E-state index in [-0.39, 0.29) is 0 Å². The van der Waals surface area contributed by atoms with Gasteiger partial charge in [0.25, 0.3) is 0 Å². The summed E-state index contributed by atoms with van der Waals surface area (Å²) in [5.41, 5.74) is 0.975. The number of likely N-dealkylation sites (N-methyl/N-ethyl adjacent to an activating group) is 1. The maximum Gasteiger partial charge on any atom is 0.168 e. The molecule has 0 aromatic heterocycles. The standard InChI is InChI=1S/C22H29NO3/c1-4-23(5-2)15-16-25-20-13-9-10-14-21(20)26-22(18(3)24)17-19-11-7-6-8-12-19/h6-14,17-18,24H,4-5,15-16H2,1-3H3/b22-17+. The van der Waals surface area contributed by atoms with Crippen LogP contribution >= 0.6 is 0 Å². The summed E-state index contributed by atoms with van der Waals surface area (Å²) in [5, 5.41) is 10.1. The summed E-state index contributed by atoms with van der Waals surface area (Å²) in [4.78, 5) is 2.31. The van der Waals surface area contributed by atoms with Crippen molar-refractivity contribution in [2.24, 2.45) is 0 Å². The summed E-state index contributed by atoms with van der Waals surface area (Å²) in [5.74, 6) is 1.77. The fourth-order valence-corrected chi connectivity index (χ4v) is 2.55. The predicted molar refractivity (Wildman–Crippen MR) is 106 cm³/mol. The van der Waals surface area contributed by atoms with Crippen molar-refractivity contribution in [3.63, 3.8) is 0 Å². The SMILES string of the molecule is CCN(CC)CCOc1ccccc1O/C(=C/c1ccccc1)C(C)O. The first-order valence-electron chi connectivity index (χ1n) is 9.20. The first-order chi connectivity index (χ1) is 12.6. The maximum atomic E-state index is 10.1. The third kappa shape index (κ3) is 6.21. The Morgan fingerprint density at radius 2 is 1.62 bits per heavy atom. The van der Waals surface area contributed by atoms with Gasteiger partial charge in [0, 0.05) is 6.54 Å². The number of rotatable bonds is 10. The van der Waals surface area contributed by atoms with Crippen molar-refractivity contribution in [1.82, 2.24) is 4.90 Å². The van der Waals surface area contributed by atoms with E-state index in [1.807, 2.05) is 60.7 Å². The van der Waals surface area contributed by atoms with Crippen LogP contribution < -0.4 is 9.47 Å². The molecule has 0 bridgehead atoms. The van der Waals surface area contributed by atoms with Crippen LogP contribution in [0.25, 0.3) is 6.08 Å². The number of ether oxygens (including phenoxy) is 2. The Morgan fingerprint density at radius 1 is 1.00 bits per heavy atom. The Kier molecular flexibility index (Phi) is 8.19. The number of hydrogen-bond donors (Lipinski definition) is 1. The van der Waals surface area contributed by atoms with Gasteiger partial charge in [-0.05, 0) is 43.8 Å². The van der Waals surface area contributed by atoms with Gasteiger partial charge < -0.3 is 19.5 Å². The van der Waals surface area contributed by atoms with Crippen LogP contribution in [0.3, 0.4) is 0 Å². The Hall–Kier alpha value is -2.30. The van der Waals surface area contributed by atoms with Gasteiger partial charge in [-0.25, -0.2) is 0 Å². The largest absolute Gasteiger partial charge is 0.488 e. The van der Waals surface area contributed by atoms with Gasteiger partial charge in [0.1, 0.15) is 18.5 Å². The lowest BCUT2D eigenvalue weighted by atomic mass is 10.1. The summed E-state index contributed by atoms with van der Waals surface area (Å²) in [6.07, 6.45) is 1.12. The van der Waals surface area contributed by atoms with Crippen LogP contribution in [-0.2, 0) is 0 Å². The molecule has 0 radical (unpaired) electrons. The Morgan fingerprint density at radius 3 is 2.23 bits per heavy atom. The number of aliphatic hydroxyl groups is 1. The van der Waals surface area contributed by atoms with Gasteiger partial charge in [-0.15, -0.1) is 0 Å². The molecule has 0 saturated carbocycles. The van der Waals surface area contributed by atoms with Gasteiger partial charge >= 0.3 is 0 Å². The average molecular weight is 355 g/mol. The van der Waals surface area contributed by atoms with Crippen molar-refractivity contribution in [3.05, 3.63) is 65.9 Å². The van der Waals surface area contributed by atoms with Crippen LogP contribution in [0.5, 0.6) is 11.5 Å². The van der Waals surface area contributed by atoms with E-state index in [4.69, 9.17) is 9.47 Å². The molecule has 1 atom stereocenters. The van der Waals surface area contributed by atoms with E-state index in [0.717, 1.165) is 25.2 Å². The molecular formula is C22H29NO3. The summed E-state index contributed by atoms with van der Waals surface area (Å²) in [7, 11) is 0. The molecule has 0 amide bonds. The molecule has 2 rings (SSSR count). The first-order valence-corrected chi connectivity index (χ1v) is 9.20. The van der Waals surface area contributed by atoms with Gasteiger partial charge in [0.05, 0.1) is 0 Å². The molecule has 0 saturated heterocycles. The van der Waals surface area contributed by atoms with Crippen molar-refractivity contribution in [2.75, 3.05) is 26.2 Å². The van der Waals surface area contributed by atoms with Crippen LogP contribution in [0, 0.1) is 0 Å². The molecule has 1 N–H and O–H groups in total. The number of aliphatic hydroxyl groups excluding tert-OH is 1. The van der Waals surface area contributed by atoms with E-state index in [1.54, 1.807) is 6.92 Å². The van der Waals surface area contributed by atoms with E-state index in [9.17, 15) is 5.11 Å². The normalized spacial score (nSPS) is 12.9. The fraction of sp³-hybridized carbons (Fsp3) is 0.364. The van der Waals surface area contributed by atoms with Crippen molar-refractivity contribution in [2.45, 2.75) is 26.9 Å². The summed E-state index contributed by atoms with van der Waals surface area (Å²) >= 11 is 0. The predicted octanol–water partition coefficient (Wildman–Crippen LogP) is 4.21. The smallest absolute Gasteiger partial charge is 0.168 e. The van der Waals surface area contributed by atoms with Crippen LogP contribution in [0.1, 0.15) is 26.3 Å². The number of benzene rings is 2. The zero-order valence-electron chi connectivity index (χ0n) is 15.9. The van der Waals surface area contributed by atoms with Crippen molar-refractivity contribution < 1.29 is 14.6 Å². The van der Waals surface area contributed by atoms with Crippen LogP contribution in [-0.4, -0.2) is 42.4 Å². The Bertz CT molecular complexity index is 679. The summed E-state index contributed by atoms with van der Waals surface area (Å²) in [6, 6.07) is 17.4. The third-order valence-electron chi connectivity index (χ3n) is 4.16. The maximum absolute atomic E-state index is 10.1. The fourth-order valence-electron chi connectivity index (χ4n) is 2.55. The molecule has 2 aromatic rings. The molecule has 26 heavy (non-hydrogen) atoms. The second kappa shape index (κ2) is 10.6. The lowest BCUT2D eigenvalue weighted by molar-refractivity contribution is 0.174. The molecule has 0 aliphatic carbocycles. The topological polar surface area (TPSA) is 41.9 Å². The zero-order valence-corrected chi connectivity index (χ0v) is 15.9. The first kappa shape index (κ1) is 20.0. The highest BCUT2D eigenvalue weighted by Gasteiger charge is 2.12. The second-order valence-electron chi connectivity index (χ2n) is 6.06. The highest BCUT2D eigenvalue weighted by atomic mass is 16.5. The second-order valence-corrected chi connectivity index (χ2v) is 6.06. The molecule has 4 nitrogen and oxygen atoms in total. The highest BCUT2D eigenvalue weighted by Crippen LogP contribution is 2.29. The van der Waals surface area contributed by atoms with E-state index in [2.05, 4.69) is 18.7 Å². The minimum atomic E-state index is -0.723. The van der Waals surface area contributed by atoms with Crippen molar-refractivity contribution in [1.29, 1.82) is 0 Å². The van der Waals surface area contributed by atoms with Gasteiger partial charge in [-0.1, -0.05) is 56.3 Å². The van der Waals surface area contributed by atoms with Gasteiger partial charge in [-0.3, -0.25) is 0 Å². The van der Waals surface area contributed by atoms with E-state index in [1.165, 1.54) is 0 Å². The monoisotopic (exact) mass is 355 g/mol. The van der Waals surface area contributed by atoms with Crippen LogP contribution in [0.15, 0.2) is 60.4 Å². The molecular weight excluding hydrogens is 326 g/mol. The van der Waals surface area contributed by atoms with Gasteiger partial charge in [0.15, 0.2) is 11.5 Å². The number of para-hydroxylation sites is 2. The molecule has 0 aliphatic rings. The molecule has 0 spiro atoms. The van der Waals surface area contributed by atoms with E-state index >= 15 is 0 Å². The Labute approximate surface area is 156 Å². The number of nitrogens with zero attached hydrogens (tertiary/aromatic N) is 1. The summed E-state index contributed by atoms with van der Waals surface area (Å²) in [6.45, 7) is 9.44. The quantitative estimate of drug-likeness (QED) is 0.648. The molecule has 2 aromatic carbocycles. The van der Waals surface area contributed by atoms with Gasteiger partial charge in [-0.2, -0.15) is 0 Å². The molecule has 140 valence electrons. The lowest BCUT2D eigenvalue weighted by Gasteiger charge is -2.19. The number of hydrogen-bond acceptors (Lipinski definition) is 4. The lowest BCUT2D eigenvalue weighted by Crippen LogP contribution is -2.28. The van der Waals surface area contributed by atoms with Crippen LogP contribution in [0.2, 0.25) is 0 Å². The van der Waals surface area contributed by atoms with Gasteiger partial charge in [0.2, 0.25) is 0 Å². The van der Waals surface area contributed by atoms with Crippen LogP contribution in [0.4, 0.5) is 0 Å². The van der Waals surface area contributed by atoms with E-state index < -0.39 is 6.10 Å². The highest BCUT2D eigenvalue weighted by molar-refractivity contribution is 5.53. The minimum Gasteiger partial charge on any atom is -0.488 e.